The fourth-order valence-corrected chi connectivity index (χ4v) is 3.62. The van der Waals surface area contributed by atoms with Crippen LogP contribution in [0.1, 0.15) is 5.56 Å². The van der Waals surface area contributed by atoms with Gasteiger partial charge in [-0.1, -0.05) is 18.7 Å². The Kier molecular flexibility index (Phi) is 5.34. The second kappa shape index (κ2) is 7.98. The number of halogens is 4. The van der Waals surface area contributed by atoms with Crippen LogP contribution in [0.25, 0.3) is 22.0 Å². The van der Waals surface area contributed by atoms with Crippen molar-refractivity contribution in [1.82, 2.24) is 14.9 Å². The van der Waals surface area contributed by atoms with E-state index in [4.69, 9.17) is 0 Å². The van der Waals surface area contributed by atoms with Gasteiger partial charge in [-0.15, -0.1) is 0 Å². The highest BCUT2D eigenvalue weighted by molar-refractivity contribution is 5.99. The Morgan fingerprint density at radius 2 is 1.90 bits per heavy atom. The Bertz CT molecular complexity index is 1130. The van der Waals surface area contributed by atoms with E-state index >= 15 is 0 Å². The number of rotatable bonds is 4. The average molecular weight is 430 g/mol. The number of nitrogens with zero attached hydrogens (tertiary/aromatic N) is 3. The third-order valence-corrected chi connectivity index (χ3v) is 5.22. The molecule has 1 saturated heterocycles. The van der Waals surface area contributed by atoms with Gasteiger partial charge in [-0.2, -0.15) is 13.2 Å². The summed E-state index contributed by atoms with van der Waals surface area (Å²) in [5.41, 5.74) is 0.866. The van der Waals surface area contributed by atoms with Crippen LogP contribution in [0.5, 0.6) is 0 Å². The van der Waals surface area contributed by atoms with Crippen LogP contribution in [0.15, 0.2) is 61.4 Å². The van der Waals surface area contributed by atoms with Crippen LogP contribution in [0, 0.1) is 0 Å². The quantitative estimate of drug-likeness (QED) is 0.491. The summed E-state index contributed by atoms with van der Waals surface area (Å²) in [4.78, 5) is 21.9. The molecule has 1 fully saturated rings. The smallest absolute Gasteiger partial charge is 0.362 e. The number of carbonyl (C=O) groups is 1. The van der Waals surface area contributed by atoms with E-state index in [1.807, 2.05) is 0 Å². The first-order chi connectivity index (χ1) is 14.8. The van der Waals surface area contributed by atoms with E-state index < -0.39 is 24.0 Å². The topological polar surface area (TPSA) is 58.1 Å². The molecule has 5 nitrogen and oxygen atoms in total. The zero-order valence-electron chi connectivity index (χ0n) is 16.2. The van der Waals surface area contributed by atoms with Crippen molar-refractivity contribution in [1.29, 1.82) is 0 Å². The predicted octanol–water partition coefficient (Wildman–Crippen LogP) is 4.46. The first-order valence-corrected chi connectivity index (χ1v) is 9.51. The van der Waals surface area contributed by atoms with Crippen molar-refractivity contribution in [2.24, 2.45) is 0 Å². The molecule has 1 amide bonds. The standard InChI is InChI=1S/C22H18F4N4O/c1-2-19(31)30-11-17(23)18(12-30)29-21-15-4-3-9-27-20(15)16(10-28-21)13-5-7-14(8-6-13)22(24,25)26/h2-10,17-18H,1,11-12H2,(H,28,29)/t17-,18+/m0/s1. The van der Waals surface area contributed by atoms with Crippen LogP contribution in [0.4, 0.5) is 23.4 Å². The highest BCUT2D eigenvalue weighted by Gasteiger charge is 2.35. The molecule has 1 aromatic carbocycles. The van der Waals surface area contributed by atoms with Crippen LogP contribution in [-0.4, -0.2) is 46.1 Å². The fraction of sp³-hybridized carbons (Fsp3) is 0.227. The molecule has 31 heavy (non-hydrogen) atoms. The molecule has 3 aromatic rings. The van der Waals surface area contributed by atoms with Gasteiger partial charge in [0.05, 0.1) is 23.7 Å². The van der Waals surface area contributed by atoms with Crippen LogP contribution in [0.2, 0.25) is 0 Å². The van der Waals surface area contributed by atoms with Crippen molar-refractivity contribution < 1.29 is 22.4 Å². The van der Waals surface area contributed by atoms with Crippen molar-refractivity contribution in [3.05, 3.63) is 67.0 Å². The van der Waals surface area contributed by atoms with Crippen molar-refractivity contribution in [2.45, 2.75) is 18.4 Å². The van der Waals surface area contributed by atoms with E-state index in [2.05, 4.69) is 21.9 Å². The molecule has 0 spiro atoms. The summed E-state index contributed by atoms with van der Waals surface area (Å²) in [6, 6.07) is 7.54. The molecular formula is C22H18F4N4O. The molecule has 0 radical (unpaired) electrons. The van der Waals surface area contributed by atoms with Gasteiger partial charge in [0.25, 0.3) is 0 Å². The lowest BCUT2D eigenvalue weighted by molar-refractivity contribution is -0.137. The Hall–Kier alpha value is -3.49. The Morgan fingerprint density at radius 3 is 2.58 bits per heavy atom. The summed E-state index contributed by atoms with van der Waals surface area (Å²) in [5.74, 6) is 0.0448. The zero-order valence-corrected chi connectivity index (χ0v) is 16.2. The normalized spacial score (nSPS) is 18.9. The summed E-state index contributed by atoms with van der Waals surface area (Å²) in [7, 11) is 0. The minimum Gasteiger partial charge on any atom is -0.362 e. The largest absolute Gasteiger partial charge is 0.416 e. The number of anilines is 1. The maximum Gasteiger partial charge on any atom is 0.416 e. The molecule has 1 aliphatic rings. The predicted molar refractivity (Wildman–Crippen MR) is 109 cm³/mol. The van der Waals surface area contributed by atoms with E-state index in [0.717, 1.165) is 18.2 Å². The van der Waals surface area contributed by atoms with Gasteiger partial charge >= 0.3 is 6.18 Å². The van der Waals surface area contributed by atoms with Gasteiger partial charge in [-0.25, -0.2) is 9.37 Å². The lowest BCUT2D eigenvalue weighted by Crippen LogP contribution is -2.31. The number of pyridine rings is 2. The van der Waals surface area contributed by atoms with Gasteiger partial charge < -0.3 is 10.2 Å². The van der Waals surface area contributed by atoms with E-state index in [0.29, 0.717) is 27.8 Å². The SMILES string of the molecule is C=CC(=O)N1C[C@H](F)[C@H](Nc2ncc(-c3ccc(C(F)(F)F)cc3)c3ncccc23)C1. The molecule has 160 valence electrons. The van der Waals surface area contributed by atoms with Crippen molar-refractivity contribution in [3.63, 3.8) is 0 Å². The molecule has 1 aliphatic heterocycles. The summed E-state index contributed by atoms with van der Waals surface area (Å²) in [6.45, 7) is 3.54. The summed E-state index contributed by atoms with van der Waals surface area (Å²) >= 11 is 0. The fourth-order valence-electron chi connectivity index (χ4n) is 3.62. The van der Waals surface area contributed by atoms with E-state index in [9.17, 15) is 22.4 Å². The number of hydrogen-bond donors (Lipinski definition) is 1. The third kappa shape index (κ3) is 4.08. The Labute approximate surface area is 175 Å². The highest BCUT2D eigenvalue weighted by atomic mass is 19.4. The summed E-state index contributed by atoms with van der Waals surface area (Å²) < 4.78 is 53.1. The number of likely N-dealkylation sites (tertiary alicyclic amines) is 1. The number of benzene rings is 1. The minimum absolute atomic E-state index is 0.0393. The number of amides is 1. The van der Waals surface area contributed by atoms with Gasteiger partial charge in [-0.3, -0.25) is 9.78 Å². The second-order valence-electron chi connectivity index (χ2n) is 7.21. The monoisotopic (exact) mass is 430 g/mol. The number of aromatic nitrogens is 2. The summed E-state index contributed by atoms with van der Waals surface area (Å²) in [5, 5.41) is 3.64. The van der Waals surface area contributed by atoms with Crippen molar-refractivity contribution in [3.8, 4) is 11.1 Å². The molecule has 2 atom stereocenters. The first-order valence-electron chi connectivity index (χ1n) is 9.51. The maximum absolute atomic E-state index is 14.5. The van der Waals surface area contributed by atoms with E-state index in [1.165, 1.54) is 23.2 Å². The lowest BCUT2D eigenvalue weighted by atomic mass is 10.0. The lowest BCUT2D eigenvalue weighted by Gasteiger charge is -2.18. The average Bonchev–Trinajstić information content (AvgIpc) is 3.13. The molecule has 0 bridgehead atoms. The molecule has 3 heterocycles. The number of fused-ring (bicyclic) bond motifs is 1. The highest BCUT2D eigenvalue weighted by Crippen LogP contribution is 2.34. The van der Waals surface area contributed by atoms with Gasteiger partial charge in [0.15, 0.2) is 0 Å². The van der Waals surface area contributed by atoms with E-state index in [-0.39, 0.29) is 19.0 Å². The van der Waals surface area contributed by atoms with Gasteiger partial charge in [0.2, 0.25) is 5.91 Å². The third-order valence-electron chi connectivity index (χ3n) is 5.22. The van der Waals surface area contributed by atoms with Crippen molar-refractivity contribution >= 4 is 22.6 Å². The Balaban J connectivity index is 1.66. The molecule has 0 unspecified atom stereocenters. The zero-order chi connectivity index (χ0) is 22.2. The minimum atomic E-state index is -4.42. The van der Waals surface area contributed by atoms with Crippen molar-refractivity contribution in [2.75, 3.05) is 18.4 Å². The van der Waals surface area contributed by atoms with Gasteiger partial charge in [-0.05, 0) is 35.9 Å². The van der Waals surface area contributed by atoms with Crippen LogP contribution in [0.3, 0.4) is 0 Å². The summed E-state index contributed by atoms with van der Waals surface area (Å²) in [6.07, 6.45) is -1.50. The van der Waals surface area contributed by atoms with E-state index in [1.54, 1.807) is 18.3 Å². The molecule has 9 heteroatoms. The number of nitrogens with one attached hydrogen (secondary N) is 1. The van der Waals surface area contributed by atoms with Crippen LogP contribution in [-0.2, 0) is 11.0 Å². The second-order valence-corrected chi connectivity index (χ2v) is 7.21. The molecule has 2 aromatic heterocycles. The maximum atomic E-state index is 14.5. The molecular weight excluding hydrogens is 412 g/mol. The molecule has 1 N–H and O–H groups in total. The van der Waals surface area contributed by atoms with Crippen LogP contribution >= 0.6 is 0 Å². The number of alkyl halides is 4. The molecule has 0 aliphatic carbocycles. The molecule has 0 saturated carbocycles. The molecule has 4 rings (SSSR count). The van der Waals surface area contributed by atoms with Gasteiger partial charge in [0, 0.05) is 29.9 Å². The van der Waals surface area contributed by atoms with Crippen LogP contribution < -0.4 is 5.32 Å². The number of carbonyl (C=O) groups excluding carboxylic acids is 1. The number of hydrogen-bond acceptors (Lipinski definition) is 4. The Morgan fingerprint density at radius 1 is 1.16 bits per heavy atom. The first kappa shape index (κ1) is 20.8. The van der Waals surface area contributed by atoms with Gasteiger partial charge in [0.1, 0.15) is 12.0 Å².